The monoisotopic (exact) mass is 271 g/mol. The van der Waals surface area contributed by atoms with Crippen LogP contribution in [0.1, 0.15) is 24.8 Å². The van der Waals surface area contributed by atoms with E-state index in [0.29, 0.717) is 10.8 Å². The lowest BCUT2D eigenvalue weighted by atomic mass is 9.89. The lowest BCUT2D eigenvalue weighted by molar-refractivity contribution is -0.141. The zero-order valence-corrected chi connectivity index (χ0v) is 11.5. The topological polar surface area (TPSA) is 61.5 Å². The highest BCUT2D eigenvalue weighted by atomic mass is 35.5. The van der Waals surface area contributed by atoms with Gasteiger partial charge in [-0.3, -0.25) is 4.79 Å². The zero-order chi connectivity index (χ0) is 13.7. The Balaban J connectivity index is 3.16. The standard InChI is InChI=1S/C13H18ClNO3/c1-8(15)9(7-12(16)18-3)13-10(14)5-4-6-11(13)17-2/h4-6,8-9H,7,15H2,1-3H3. The first-order chi connectivity index (χ1) is 8.51. The maximum Gasteiger partial charge on any atom is 0.306 e. The van der Waals surface area contributed by atoms with Gasteiger partial charge in [0.2, 0.25) is 0 Å². The zero-order valence-electron chi connectivity index (χ0n) is 10.8. The van der Waals surface area contributed by atoms with E-state index in [1.165, 1.54) is 7.11 Å². The number of halogens is 1. The van der Waals surface area contributed by atoms with Gasteiger partial charge in [0.05, 0.1) is 20.6 Å². The first-order valence-electron chi connectivity index (χ1n) is 5.66. The van der Waals surface area contributed by atoms with Crippen molar-refractivity contribution in [3.05, 3.63) is 28.8 Å². The molecule has 0 heterocycles. The van der Waals surface area contributed by atoms with E-state index >= 15 is 0 Å². The van der Waals surface area contributed by atoms with Crippen molar-refractivity contribution in [1.29, 1.82) is 0 Å². The highest BCUT2D eigenvalue weighted by molar-refractivity contribution is 6.31. The Morgan fingerprint density at radius 2 is 2.11 bits per heavy atom. The van der Waals surface area contributed by atoms with Gasteiger partial charge >= 0.3 is 5.97 Å². The largest absolute Gasteiger partial charge is 0.496 e. The first-order valence-corrected chi connectivity index (χ1v) is 6.03. The number of esters is 1. The molecule has 18 heavy (non-hydrogen) atoms. The van der Waals surface area contributed by atoms with Crippen molar-refractivity contribution in [2.75, 3.05) is 14.2 Å². The fourth-order valence-electron chi connectivity index (χ4n) is 1.87. The molecule has 0 aliphatic rings. The Morgan fingerprint density at radius 3 is 2.61 bits per heavy atom. The number of nitrogens with two attached hydrogens (primary N) is 1. The van der Waals surface area contributed by atoms with E-state index in [0.717, 1.165) is 5.56 Å². The molecule has 2 N–H and O–H groups in total. The lowest BCUT2D eigenvalue weighted by Crippen LogP contribution is -2.27. The summed E-state index contributed by atoms with van der Waals surface area (Å²) in [5.74, 6) is 0.0778. The lowest BCUT2D eigenvalue weighted by Gasteiger charge is -2.23. The van der Waals surface area contributed by atoms with Crippen molar-refractivity contribution in [3.8, 4) is 5.75 Å². The molecule has 5 heteroatoms. The second-order valence-corrected chi connectivity index (χ2v) is 4.51. The van der Waals surface area contributed by atoms with Crippen LogP contribution in [0.3, 0.4) is 0 Å². The van der Waals surface area contributed by atoms with Gasteiger partial charge in [-0.25, -0.2) is 0 Å². The molecule has 0 aliphatic heterocycles. The van der Waals surface area contributed by atoms with E-state index in [9.17, 15) is 4.79 Å². The number of carbonyl (C=O) groups excluding carboxylic acids is 1. The van der Waals surface area contributed by atoms with E-state index in [4.69, 9.17) is 22.1 Å². The summed E-state index contributed by atoms with van der Waals surface area (Å²) in [4.78, 5) is 11.4. The predicted octanol–water partition coefficient (Wildman–Crippen LogP) is 2.34. The second kappa shape index (κ2) is 6.61. The van der Waals surface area contributed by atoms with Crippen LogP contribution < -0.4 is 10.5 Å². The maximum absolute atomic E-state index is 11.4. The molecule has 0 bridgehead atoms. The van der Waals surface area contributed by atoms with Crippen molar-refractivity contribution >= 4 is 17.6 Å². The minimum atomic E-state index is -0.320. The number of ether oxygens (including phenoxy) is 2. The first kappa shape index (κ1) is 14.8. The molecule has 0 fully saturated rings. The molecule has 0 saturated heterocycles. The Morgan fingerprint density at radius 1 is 1.44 bits per heavy atom. The molecular weight excluding hydrogens is 254 g/mol. The third kappa shape index (κ3) is 3.37. The Bertz CT molecular complexity index is 421. The summed E-state index contributed by atoms with van der Waals surface area (Å²) in [7, 11) is 2.91. The SMILES string of the molecule is COC(=O)CC(c1c(Cl)cccc1OC)C(C)N. The minimum Gasteiger partial charge on any atom is -0.496 e. The normalized spacial score (nSPS) is 13.8. The van der Waals surface area contributed by atoms with E-state index < -0.39 is 0 Å². The van der Waals surface area contributed by atoms with Gasteiger partial charge in [-0.1, -0.05) is 17.7 Å². The van der Waals surface area contributed by atoms with Crippen molar-refractivity contribution < 1.29 is 14.3 Å². The number of rotatable bonds is 5. The van der Waals surface area contributed by atoms with Crippen LogP contribution in [0.5, 0.6) is 5.75 Å². The number of hydrogen-bond donors (Lipinski definition) is 1. The van der Waals surface area contributed by atoms with Crippen LogP contribution in [0, 0.1) is 0 Å². The number of hydrogen-bond acceptors (Lipinski definition) is 4. The van der Waals surface area contributed by atoms with E-state index in [1.54, 1.807) is 25.3 Å². The summed E-state index contributed by atoms with van der Waals surface area (Å²) in [6, 6.07) is 5.11. The van der Waals surface area contributed by atoms with Crippen LogP contribution in [0.4, 0.5) is 0 Å². The van der Waals surface area contributed by atoms with Crippen LogP contribution >= 0.6 is 11.6 Å². The second-order valence-electron chi connectivity index (χ2n) is 4.10. The van der Waals surface area contributed by atoms with Gasteiger partial charge in [0.15, 0.2) is 0 Å². The molecule has 0 saturated carbocycles. The fraction of sp³-hybridized carbons (Fsp3) is 0.462. The molecule has 0 aliphatic carbocycles. The molecule has 1 rings (SSSR count). The van der Waals surface area contributed by atoms with Crippen LogP contribution in [0.25, 0.3) is 0 Å². The highest BCUT2D eigenvalue weighted by Gasteiger charge is 2.25. The Labute approximate surface area is 112 Å². The van der Waals surface area contributed by atoms with E-state index in [2.05, 4.69) is 4.74 Å². The fourth-order valence-corrected chi connectivity index (χ4v) is 2.17. The molecule has 0 aromatic heterocycles. The Hall–Kier alpha value is -1.26. The molecule has 0 amide bonds. The molecule has 100 valence electrons. The predicted molar refractivity (Wildman–Crippen MR) is 71.0 cm³/mol. The van der Waals surface area contributed by atoms with E-state index in [1.807, 2.05) is 6.92 Å². The molecule has 2 unspecified atom stereocenters. The van der Waals surface area contributed by atoms with Gasteiger partial charge in [-0.15, -0.1) is 0 Å². The van der Waals surface area contributed by atoms with Gasteiger partial charge in [0.25, 0.3) is 0 Å². The summed E-state index contributed by atoms with van der Waals surface area (Å²) < 4.78 is 9.97. The maximum atomic E-state index is 11.4. The van der Waals surface area contributed by atoms with Crippen LogP contribution in [0.15, 0.2) is 18.2 Å². The number of benzene rings is 1. The van der Waals surface area contributed by atoms with Gasteiger partial charge in [0.1, 0.15) is 5.75 Å². The average Bonchev–Trinajstić information content (AvgIpc) is 2.35. The summed E-state index contributed by atoms with van der Waals surface area (Å²) >= 11 is 6.19. The minimum absolute atomic E-state index is 0.175. The van der Waals surface area contributed by atoms with Gasteiger partial charge < -0.3 is 15.2 Å². The average molecular weight is 272 g/mol. The molecule has 2 atom stereocenters. The van der Waals surface area contributed by atoms with Gasteiger partial charge in [-0.05, 0) is 19.1 Å². The van der Waals surface area contributed by atoms with Gasteiger partial charge in [-0.2, -0.15) is 0 Å². The molecule has 0 spiro atoms. The van der Waals surface area contributed by atoms with Crippen LogP contribution in [-0.4, -0.2) is 26.2 Å². The van der Waals surface area contributed by atoms with Crippen molar-refractivity contribution in [2.24, 2.45) is 5.73 Å². The quantitative estimate of drug-likeness (QED) is 0.835. The summed E-state index contributed by atoms with van der Waals surface area (Å²) in [6.07, 6.45) is 0.175. The summed E-state index contributed by atoms with van der Waals surface area (Å²) in [5.41, 5.74) is 6.69. The highest BCUT2D eigenvalue weighted by Crippen LogP contribution is 2.36. The Kier molecular flexibility index (Phi) is 5.44. The van der Waals surface area contributed by atoms with Gasteiger partial charge in [0, 0.05) is 22.5 Å². The molecule has 1 aromatic carbocycles. The smallest absolute Gasteiger partial charge is 0.306 e. The van der Waals surface area contributed by atoms with Crippen molar-refractivity contribution in [2.45, 2.75) is 25.3 Å². The third-order valence-electron chi connectivity index (χ3n) is 2.85. The molecule has 1 aromatic rings. The third-order valence-corrected chi connectivity index (χ3v) is 3.18. The van der Waals surface area contributed by atoms with Crippen LogP contribution in [0.2, 0.25) is 5.02 Å². The van der Waals surface area contributed by atoms with E-state index in [-0.39, 0.29) is 24.3 Å². The summed E-state index contributed by atoms with van der Waals surface area (Å²) in [6.45, 7) is 1.83. The molecular formula is C13H18ClNO3. The number of methoxy groups -OCH3 is 2. The number of carbonyl (C=O) groups is 1. The van der Waals surface area contributed by atoms with Crippen molar-refractivity contribution in [3.63, 3.8) is 0 Å². The van der Waals surface area contributed by atoms with Crippen LogP contribution in [-0.2, 0) is 9.53 Å². The summed E-state index contributed by atoms with van der Waals surface area (Å²) in [5, 5.41) is 0.542. The van der Waals surface area contributed by atoms with Crippen molar-refractivity contribution in [1.82, 2.24) is 0 Å². The molecule has 4 nitrogen and oxygen atoms in total. The molecule has 0 radical (unpaired) electrons.